The maximum Gasteiger partial charge on any atom is 0.120 e. The number of hydrogen-bond acceptors (Lipinski definition) is 2. The number of hydrogen-bond donors (Lipinski definition) is 1. The van der Waals surface area contributed by atoms with Gasteiger partial charge in [0.15, 0.2) is 0 Å². The fourth-order valence-corrected chi connectivity index (χ4v) is 7.69. The van der Waals surface area contributed by atoms with Crippen LogP contribution < -0.4 is 9.64 Å². The lowest BCUT2D eigenvalue weighted by Crippen LogP contribution is -2.23. The molecule has 0 atom stereocenters. The standard InChI is InChI=1S/C42H36N2O/c1-4-42(5-2)38-25-28(33-18-12-19-37-36-17-9-10-20-40(36)43-41(33)37)21-23-34(38)35-24-22-31(27-39(35)42)44(29-13-7-6-8-14-29)30-15-11-16-32(26-30)45-3/h6-27,43H,4-5H2,1-3H3. The molecule has 0 aliphatic heterocycles. The molecule has 3 heteroatoms. The zero-order chi connectivity index (χ0) is 30.5. The second-order valence-electron chi connectivity index (χ2n) is 12.1. The highest BCUT2D eigenvalue weighted by atomic mass is 16.5. The van der Waals surface area contributed by atoms with Gasteiger partial charge in [-0.2, -0.15) is 0 Å². The normalized spacial score (nSPS) is 13.1. The maximum absolute atomic E-state index is 5.62. The predicted molar refractivity (Wildman–Crippen MR) is 189 cm³/mol. The molecule has 1 heterocycles. The zero-order valence-electron chi connectivity index (χ0n) is 26.0. The van der Waals surface area contributed by atoms with Gasteiger partial charge in [-0.3, -0.25) is 0 Å². The molecule has 0 bridgehead atoms. The number of ether oxygens (including phenoxy) is 1. The van der Waals surface area contributed by atoms with E-state index < -0.39 is 0 Å². The first-order valence-electron chi connectivity index (χ1n) is 15.9. The second-order valence-corrected chi connectivity index (χ2v) is 12.1. The molecule has 0 radical (unpaired) electrons. The number of H-pyrrole nitrogens is 1. The number of para-hydroxylation sites is 3. The first-order valence-corrected chi connectivity index (χ1v) is 15.9. The molecular weight excluding hydrogens is 548 g/mol. The van der Waals surface area contributed by atoms with Gasteiger partial charge in [-0.15, -0.1) is 0 Å². The summed E-state index contributed by atoms with van der Waals surface area (Å²) in [5.41, 5.74) is 13.7. The fourth-order valence-electron chi connectivity index (χ4n) is 7.69. The highest BCUT2D eigenvalue weighted by Gasteiger charge is 2.41. The molecule has 0 saturated carbocycles. The highest BCUT2D eigenvalue weighted by Crippen LogP contribution is 2.55. The molecule has 1 N–H and O–H groups in total. The van der Waals surface area contributed by atoms with Crippen LogP contribution in [0.4, 0.5) is 17.1 Å². The number of benzene rings is 6. The van der Waals surface area contributed by atoms with E-state index in [0.717, 1.165) is 35.7 Å². The molecule has 7 aromatic rings. The third-order valence-corrected chi connectivity index (χ3v) is 9.99. The molecule has 0 saturated heterocycles. The number of fused-ring (bicyclic) bond motifs is 6. The first-order chi connectivity index (χ1) is 22.1. The minimum absolute atomic E-state index is 0.0816. The number of nitrogens with one attached hydrogen (secondary N) is 1. The summed E-state index contributed by atoms with van der Waals surface area (Å²) in [7, 11) is 1.72. The number of aromatic nitrogens is 1. The van der Waals surface area contributed by atoms with Gasteiger partial charge < -0.3 is 14.6 Å². The Morgan fingerprint density at radius 2 is 1.24 bits per heavy atom. The number of methoxy groups -OCH3 is 1. The molecule has 220 valence electrons. The van der Waals surface area contributed by atoms with Crippen molar-refractivity contribution in [1.29, 1.82) is 0 Å². The molecular formula is C42H36N2O. The smallest absolute Gasteiger partial charge is 0.120 e. The second kappa shape index (κ2) is 10.7. The summed E-state index contributed by atoms with van der Waals surface area (Å²) in [4.78, 5) is 6.06. The quantitative estimate of drug-likeness (QED) is 0.202. The van der Waals surface area contributed by atoms with E-state index in [0.29, 0.717) is 0 Å². The zero-order valence-corrected chi connectivity index (χ0v) is 26.0. The fraction of sp³-hybridized carbons (Fsp3) is 0.143. The van der Waals surface area contributed by atoms with Crippen molar-refractivity contribution in [3.8, 4) is 28.0 Å². The van der Waals surface area contributed by atoms with Gasteiger partial charge in [0, 0.05) is 50.4 Å². The van der Waals surface area contributed by atoms with E-state index in [2.05, 4.69) is 151 Å². The van der Waals surface area contributed by atoms with E-state index in [-0.39, 0.29) is 5.41 Å². The number of rotatable bonds is 7. The summed E-state index contributed by atoms with van der Waals surface area (Å²) in [5, 5.41) is 2.54. The largest absolute Gasteiger partial charge is 0.497 e. The Morgan fingerprint density at radius 1 is 0.578 bits per heavy atom. The monoisotopic (exact) mass is 584 g/mol. The van der Waals surface area contributed by atoms with Gasteiger partial charge in [0.25, 0.3) is 0 Å². The molecule has 8 rings (SSSR count). The lowest BCUT2D eigenvalue weighted by atomic mass is 9.73. The highest BCUT2D eigenvalue weighted by molar-refractivity contribution is 6.12. The van der Waals surface area contributed by atoms with E-state index in [1.807, 2.05) is 6.07 Å². The Bertz CT molecular complexity index is 2190. The maximum atomic E-state index is 5.62. The van der Waals surface area contributed by atoms with Crippen molar-refractivity contribution >= 4 is 38.9 Å². The van der Waals surface area contributed by atoms with Crippen molar-refractivity contribution in [2.75, 3.05) is 12.0 Å². The summed E-state index contributed by atoms with van der Waals surface area (Å²) in [6, 6.07) is 48.4. The van der Waals surface area contributed by atoms with Crippen LogP contribution in [0, 0.1) is 0 Å². The third kappa shape index (κ3) is 4.18. The van der Waals surface area contributed by atoms with Crippen molar-refractivity contribution in [2.24, 2.45) is 0 Å². The van der Waals surface area contributed by atoms with Crippen LogP contribution in [0.1, 0.15) is 37.8 Å². The molecule has 3 nitrogen and oxygen atoms in total. The van der Waals surface area contributed by atoms with Crippen LogP contribution in [0.3, 0.4) is 0 Å². The van der Waals surface area contributed by atoms with Crippen LogP contribution in [-0.2, 0) is 5.41 Å². The van der Waals surface area contributed by atoms with Crippen LogP contribution >= 0.6 is 0 Å². The van der Waals surface area contributed by atoms with Gasteiger partial charge >= 0.3 is 0 Å². The summed E-state index contributed by atoms with van der Waals surface area (Å²) in [5.74, 6) is 0.843. The average molecular weight is 585 g/mol. The molecule has 45 heavy (non-hydrogen) atoms. The van der Waals surface area contributed by atoms with E-state index in [1.165, 1.54) is 55.2 Å². The topological polar surface area (TPSA) is 28.3 Å². The minimum Gasteiger partial charge on any atom is -0.497 e. The molecule has 6 aromatic carbocycles. The third-order valence-electron chi connectivity index (χ3n) is 9.99. The van der Waals surface area contributed by atoms with Crippen molar-refractivity contribution < 1.29 is 4.74 Å². The predicted octanol–water partition coefficient (Wildman–Crippen LogP) is 11.6. The number of anilines is 3. The lowest BCUT2D eigenvalue weighted by Gasteiger charge is -2.32. The molecule has 1 aliphatic rings. The van der Waals surface area contributed by atoms with Gasteiger partial charge in [0.2, 0.25) is 0 Å². The van der Waals surface area contributed by atoms with E-state index in [4.69, 9.17) is 4.74 Å². The molecule has 1 aromatic heterocycles. The summed E-state index contributed by atoms with van der Waals surface area (Å²) >= 11 is 0. The summed E-state index contributed by atoms with van der Waals surface area (Å²) in [6.45, 7) is 4.69. The van der Waals surface area contributed by atoms with Crippen LogP contribution in [0.15, 0.2) is 133 Å². The molecule has 0 amide bonds. The Balaban J connectivity index is 1.29. The Morgan fingerprint density at radius 3 is 2.04 bits per heavy atom. The number of aromatic amines is 1. The van der Waals surface area contributed by atoms with Gasteiger partial charge in [-0.05, 0) is 89.2 Å². The van der Waals surface area contributed by atoms with Crippen LogP contribution in [0.2, 0.25) is 0 Å². The van der Waals surface area contributed by atoms with Gasteiger partial charge in [0.1, 0.15) is 5.75 Å². The van der Waals surface area contributed by atoms with E-state index in [9.17, 15) is 0 Å². The molecule has 0 fully saturated rings. The van der Waals surface area contributed by atoms with Gasteiger partial charge in [-0.25, -0.2) is 0 Å². The van der Waals surface area contributed by atoms with Crippen molar-refractivity contribution in [3.05, 3.63) is 145 Å². The first kappa shape index (κ1) is 27.3. The van der Waals surface area contributed by atoms with Crippen molar-refractivity contribution in [3.63, 3.8) is 0 Å². The molecule has 1 aliphatic carbocycles. The lowest BCUT2D eigenvalue weighted by molar-refractivity contribution is 0.415. The van der Waals surface area contributed by atoms with E-state index in [1.54, 1.807) is 7.11 Å². The summed E-state index contributed by atoms with van der Waals surface area (Å²) < 4.78 is 5.62. The molecule has 0 spiro atoms. The van der Waals surface area contributed by atoms with Gasteiger partial charge in [-0.1, -0.05) is 92.7 Å². The SMILES string of the molecule is CCC1(CC)c2cc(-c3cccc4c3[nH]c3ccccc34)ccc2-c2ccc(N(c3ccccc3)c3cccc(OC)c3)cc21. The van der Waals surface area contributed by atoms with Crippen LogP contribution in [-0.4, -0.2) is 12.1 Å². The minimum atomic E-state index is -0.0816. The summed E-state index contributed by atoms with van der Waals surface area (Å²) in [6.07, 6.45) is 2.05. The molecule has 0 unspecified atom stereocenters. The van der Waals surface area contributed by atoms with E-state index >= 15 is 0 Å². The number of nitrogens with zero attached hydrogens (tertiary/aromatic N) is 1. The van der Waals surface area contributed by atoms with Crippen molar-refractivity contribution in [2.45, 2.75) is 32.1 Å². The van der Waals surface area contributed by atoms with Crippen molar-refractivity contribution in [1.82, 2.24) is 4.98 Å². The Hall–Kier alpha value is -5.28. The average Bonchev–Trinajstić information content (AvgIpc) is 3.62. The Kier molecular flexibility index (Phi) is 6.49. The van der Waals surface area contributed by atoms with Crippen LogP contribution in [0.5, 0.6) is 5.75 Å². The van der Waals surface area contributed by atoms with Gasteiger partial charge in [0.05, 0.1) is 12.6 Å². The van der Waals surface area contributed by atoms with Crippen LogP contribution in [0.25, 0.3) is 44.1 Å². The Labute approximate surface area is 264 Å².